The number of rotatable bonds is 2. The summed E-state index contributed by atoms with van der Waals surface area (Å²) in [5, 5.41) is 12.0. The number of carbonyl (C=O) groups excluding carboxylic acids is 1. The summed E-state index contributed by atoms with van der Waals surface area (Å²) in [5.74, 6) is -0.252. The van der Waals surface area contributed by atoms with Crippen LogP contribution >= 0.6 is 0 Å². The van der Waals surface area contributed by atoms with Gasteiger partial charge in [0, 0.05) is 6.54 Å². The highest BCUT2D eigenvalue weighted by Gasteiger charge is 2.27. The summed E-state index contributed by atoms with van der Waals surface area (Å²) < 4.78 is 5.03. The van der Waals surface area contributed by atoms with Gasteiger partial charge in [0.1, 0.15) is 6.04 Å². The molecule has 0 spiro atoms. The van der Waals surface area contributed by atoms with Gasteiger partial charge in [-0.3, -0.25) is 0 Å². The lowest BCUT2D eigenvalue weighted by Crippen LogP contribution is -2.36. The number of fused-ring (bicyclic) bond motifs is 1. The normalized spacial score (nSPS) is 18.0. The maximum Gasteiger partial charge on any atom is 0.327 e. The Bertz CT molecular complexity index is 477. The van der Waals surface area contributed by atoms with Crippen molar-refractivity contribution in [3.8, 4) is 6.07 Å². The Morgan fingerprint density at radius 2 is 2.47 bits per heavy atom. The molecule has 1 atom stereocenters. The van der Waals surface area contributed by atoms with Crippen LogP contribution in [-0.2, 0) is 16.0 Å². The Morgan fingerprint density at radius 3 is 3.18 bits per heavy atom. The van der Waals surface area contributed by atoms with E-state index in [0.29, 0.717) is 12.2 Å². The molecule has 0 aliphatic carbocycles. The lowest BCUT2D eigenvalue weighted by molar-refractivity contribution is -0.146. The Hall–Kier alpha value is -1.86. The summed E-state index contributed by atoms with van der Waals surface area (Å²) in [6.45, 7) is 2.90. The first kappa shape index (κ1) is 11.6. The maximum atomic E-state index is 11.8. The molecule has 88 valence electrons. The summed E-state index contributed by atoms with van der Waals surface area (Å²) in [6.07, 6.45) is 0.834. The van der Waals surface area contributed by atoms with E-state index in [2.05, 4.69) is 11.4 Å². The number of nitrogens with zero attached hydrogens (tertiary/aromatic N) is 1. The minimum absolute atomic E-state index is 0.252. The van der Waals surface area contributed by atoms with E-state index in [1.807, 2.05) is 12.1 Å². The van der Waals surface area contributed by atoms with E-state index in [1.165, 1.54) is 0 Å². The molecule has 4 heteroatoms. The second-order valence-corrected chi connectivity index (χ2v) is 3.91. The van der Waals surface area contributed by atoms with Crippen LogP contribution in [0, 0.1) is 11.3 Å². The van der Waals surface area contributed by atoms with Gasteiger partial charge in [0.2, 0.25) is 0 Å². The van der Waals surface area contributed by atoms with Gasteiger partial charge in [-0.25, -0.2) is 4.79 Å². The number of carbonyl (C=O) groups is 1. The van der Waals surface area contributed by atoms with E-state index in [-0.39, 0.29) is 5.97 Å². The fraction of sp³-hybridized carbons (Fsp3) is 0.385. The Balaban J connectivity index is 2.32. The molecule has 1 unspecified atom stereocenters. The molecule has 2 rings (SSSR count). The molecule has 0 amide bonds. The fourth-order valence-electron chi connectivity index (χ4n) is 2.07. The molecule has 0 saturated carbocycles. The Labute approximate surface area is 100 Å². The van der Waals surface area contributed by atoms with Crippen molar-refractivity contribution in [2.45, 2.75) is 19.4 Å². The van der Waals surface area contributed by atoms with Gasteiger partial charge in [-0.05, 0) is 36.6 Å². The average Bonchev–Trinajstić information content (AvgIpc) is 2.37. The largest absolute Gasteiger partial charge is 0.465 e. The van der Waals surface area contributed by atoms with Gasteiger partial charge in [-0.1, -0.05) is 6.07 Å². The minimum atomic E-state index is -0.397. The standard InChI is InChI=1S/C13H14N2O2/c1-2-17-13(16)12-11-4-3-9(8-14)7-10(11)5-6-15-12/h3-4,7,12,15H,2,5-6H2,1H3. The molecule has 0 fully saturated rings. The van der Waals surface area contributed by atoms with Crippen LogP contribution in [-0.4, -0.2) is 19.1 Å². The first-order valence-corrected chi connectivity index (χ1v) is 5.69. The van der Waals surface area contributed by atoms with Gasteiger partial charge in [-0.2, -0.15) is 5.26 Å². The molecule has 1 aromatic carbocycles. The highest BCUT2D eigenvalue weighted by atomic mass is 16.5. The SMILES string of the molecule is CCOC(=O)C1NCCc2cc(C#N)ccc21. The molecule has 0 bridgehead atoms. The molecule has 1 heterocycles. The molecule has 4 nitrogen and oxygen atoms in total. The second-order valence-electron chi connectivity index (χ2n) is 3.91. The molecular formula is C13H14N2O2. The third kappa shape index (κ3) is 2.29. The third-order valence-electron chi connectivity index (χ3n) is 2.85. The molecule has 1 N–H and O–H groups in total. The Morgan fingerprint density at radius 1 is 1.65 bits per heavy atom. The summed E-state index contributed by atoms with van der Waals surface area (Å²) in [5.41, 5.74) is 2.61. The van der Waals surface area contributed by atoms with Crippen LogP contribution in [0.3, 0.4) is 0 Å². The third-order valence-corrected chi connectivity index (χ3v) is 2.85. The summed E-state index contributed by atoms with van der Waals surface area (Å²) in [6, 6.07) is 7.13. The lowest BCUT2D eigenvalue weighted by Gasteiger charge is -2.25. The summed E-state index contributed by atoms with van der Waals surface area (Å²) in [7, 11) is 0. The van der Waals surface area contributed by atoms with E-state index < -0.39 is 6.04 Å². The zero-order valence-corrected chi connectivity index (χ0v) is 9.69. The van der Waals surface area contributed by atoms with Gasteiger partial charge < -0.3 is 10.1 Å². The first-order valence-electron chi connectivity index (χ1n) is 5.69. The highest BCUT2D eigenvalue weighted by molar-refractivity contribution is 5.78. The van der Waals surface area contributed by atoms with E-state index in [4.69, 9.17) is 10.00 Å². The van der Waals surface area contributed by atoms with Gasteiger partial charge >= 0.3 is 5.97 Å². The maximum absolute atomic E-state index is 11.8. The van der Waals surface area contributed by atoms with E-state index in [9.17, 15) is 4.79 Å². The van der Waals surface area contributed by atoms with Crippen LogP contribution in [0.15, 0.2) is 18.2 Å². The van der Waals surface area contributed by atoms with Crippen LogP contribution in [0.25, 0.3) is 0 Å². The minimum Gasteiger partial charge on any atom is -0.465 e. The monoisotopic (exact) mass is 230 g/mol. The van der Waals surface area contributed by atoms with Gasteiger partial charge in [-0.15, -0.1) is 0 Å². The van der Waals surface area contributed by atoms with Crippen molar-refractivity contribution in [1.82, 2.24) is 5.32 Å². The van der Waals surface area contributed by atoms with Crippen molar-refractivity contribution in [3.05, 3.63) is 34.9 Å². The van der Waals surface area contributed by atoms with Gasteiger partial charge in [0.15, 0.2) is 0 Å². The van der Waals surface area contributed by atoms with Crippen molar-refractivity contribution in [1.29, 1.82) is 5.26 Å². The van der Waals surface area contributed by atoms with E-state index in [0.717, 1.165) is 24.1 Å². The number of esters is 1. The topological polar surface area (TPSA) is 62.1 Å². The lowest BCUT2D eigenvalue weighted by atomic mass is 9.93. The van der Waals surface area contributed by atoms with E-state index in [1.54, 1.807) is 13.0 Å². The van der Waals surface area contributed by atoms with E-state index >= 15 is 0 Å². The number of ether oxygens (including phenoxy) is 1. The second kappa shape index (κ2) is 4.98. The molecule has 1 aromatic rings. The molecule has 0 aromatic heterocycles. The molecular weight excluding hydrogens is 216 g/mol. The highest BCUT2D eigenvalue weighted by Crippen LogP contribution is 2.24. The van der Waals surface area contributed by atoms with Crippen molar-refractivity contribution >= 4 is 5.97 Å². The van der Waals surface area contributed by atoms with Crippen molar-refractivity contribution in [3.63, 3.8) is 0 Å². The fourth-order valence-corrected chi connectivity index (χ4v) is 2.07. The van der Waals surface area contributed by atoms with Gasteiger partial charge in [0.25, 0.3) is 0 Å². The zero-order chi connectivity index (χ0) is 12.3. The molecule has 0 saturated heterocycles. The summed E-state index contributed by atoms with van der Waals surface area (Å²) in [4.78, 5) is 11.8. The van der Waals surface area contributed by atoms with Gasteiger partial charge in [0.05, 0.1) is 18.2 Å². The average molecular weight is 230 g/mol. The van der Waals surface area contributed by atoms with Crippen LogP contribution in [0.4, 0.5) is 0 Å². The summed E-state index contributed by atoms with van der Waals surface area (Å²) >= 11 is 0. The molecule has 1 aliphatic rings. The number of hydrogen-bond acceptors (Lipinski definition) is 4. The molecule has 17 heavy (non-hydrogen) atoms. The van der Waals surface area contributed by atoms with Crippen LogP contribution in [0.2, 0.25) is 0 Å². The predicted octanol–water partition coefficient (Wildman–Crippen LogP) is 1.31. The van der Waals surface area contributed by atoms with Crippen LogP contribution in [0.5, 0.6) is 0 Å². The zero-order valence-electron chi connectivity index (χ0n) is 9.69. The quantitative estimate of drug-likeness (QED) is 0.778. The molecule has 0 radical (unpaired) electrons. The number of nitriles is 1. The van der Waals surface area contributed by atoms with Crippen molar-refractivity contribution < 1.29 is 9.53 Å². The number of benzene rings is 1. The van der Waals surface area contributed by atoms with Crippen molar-refractivity contribution in [2.75, 3.05) is 13.2 Å². The smallest absolute Gasteiger partial charge is 0.327 e. The first-order chi connectivity index (χ1) is 8.26. The number of nitrogens with one attached hydrogen (secondary N) is 1. The molecule has 1 aliphatic heterocycles. The predicted molar refractivity (Wildman–Crippen MR) is 62.2 cm³/mol. The number of hydrogen-bond donors (Lipinski definition) is 1. The Kier molecular flexibility index (Phi) is 3.40. The van der Waals surface area contributed by atoms with Crippen molar-refractivity contribution in [2.24, 2.45) is 0 Å². The van der Waals surface area contributed by atoms with Crippen LogP contribution < -0.4 is 5.32 Å². The van der Waals surface area contributed by atoms with Crippen LogP contribution in [0.1, 0.15) is 29.7 Å².